The van der Waals surface area contributed by atoms with Crippen molar-refractivity contribution in [3.8, 4) is 11.5 Å². The van der Waals surface area contributed by atoms with E-state index >= 15 is 0 Å². The van der Waals surface area contributed by atoms with Crippen molar-refractivity contribution in [3.05, 3.63) is 59.4 Å². The predicted octanol–water partition coefficient (Wildman–Crippen LogP) is 2.74. The first-order chi connectivity index (χ1) is 11.6. The van der Waals surface area contributed by atoms with Gasteiger partial charge in [-0.25, -0.2) is 9.18 Å². The van der Waals surface area contributed by atoms with Crippen molar-refractivity contribution in [2.24, 2.45) is 0 Å². The number of carbonyl (C=O) groups is 2. The second-order valence-corrected chi connectivity index (χ2v) is 5.30. The molecule has 24 heavy (non-hydrogen) atoms. The predicted molar refractivity (Wildman–Crippen MR) is 82.9 cm³/mol. The molecule has 0 aliphatic carbocycles. The number of Topliss-reactive ketones (excluding diaryl/α,β-unsaturated/α-hetero) is 1. The van der Waals surface area contributed by atoms with E-state index in [1.807, 2.05) is 0 Å². The van der Waals surface area contributed by atoms with Crippen molar-refractivity contribution < 1.29 is 28.2 Å². The van der Waals surface area contributed by atoms with Gasteiger partial charge in [-0.15, -0.1) is 0 Å². The summed E-state index contributed by atoms with van der Waals surface area (Å²) in [5, 5.41) is 0. The molecule has 0 radical (unpaired) electrons. The Labute approximate surface area is 138 Å². The molecule has 0 spiro atoms. The van der Waals surface area contributed by atoms with Crippen LogP contribution < -0.4 is 9.47 Å². The summed E-state index contributed by atoms with van der Waals surface area (Å²) >= 11 is 0. The zero-order valence-electron chi connectivity index (χ0n) is 13.0. The lowest BCUT2D eigenvalue weighted by Crippen LogP contribution is -2.26. The number of ether oxygens (including phenoxy) is 3. The number of esters is 1. The number of benzene rings is 2. The molecule has 2 aromatic rings. The van der Waals surface area contributed by atoms with E-state index in [4.69, 9.17) is 9.47 Å². The third-order valence-electron chi connectivity index (χ3n) is 3.80. The highest BCUT2D eigenvalue weighted by Gasteiger charge is 2.30. The van der Waals surface area contributed by atoms with Crippen LogP contribution in [0.4, 0.5) is 4.39 Å². The van der Waals surface area contributed by atoms with E-state index < -0.39 is 11.9 Å². The molecule has 3 rings (SSSR count). The first-order valence-corrected chi connectivity index (χ1v) is 7.34. The minimum Gasteiger partial charge on any atom is -0.492 e. The summed E-state index contributed by atoms with van der Waals surface area (Å²) in [4.78, 5) is 23.7. The summed E-state index contributed by atoms with van der Waals surface area (Å²) in [7, 11) is 1.27. The van der Waals surface area contributed by atoms with Crippen molar-refractivity contribution in [3.63, 3.8) is 0 Å². The van der Waals surface area contributed by atoms with Gasteiger partial charge in [-0.05, 0) is 29.8 Å². The first-order valence-electron chi connectivity index (χ1n) is 7.34. The molecule has 1 aliphatic rings. The monoisotopic (exact) mass is 330 g/mol. The third-order valence-corrected chi connectivity index (χ3v) is 3.80. The van der Waals surface area contributed by atoms with Gasteiger partial charge < -0.3 is 14.2 Å². The number of ketones is 1. The number of halogens is 1. The van der Waals surface area contributed by atoms with Gasteiger partial charge in [0.2, 0.25) is 0 Å². The quantitative estimate of drug-likeness (QED) is 0.807. The number of methoxy groups -OCH3 is 1. The minimum atomic E-state index is -0.499. The van der Waals surface area contributed by atoms with Gasteiger partial charge in [0.1, 0.15) is 23.9 Å². The standard InChI is InChI=1S/C18H15FO5/c1-22-17(20)10-23-13-6-7-14-16(8-13)24-9-15(18(14)21)11-2-4-12(19)5-3-11/h2-8,15H,9-10H2,1H3. The summed E-state index contributed by atoms with van der Waals surface area (Å²) in [5.41, 5.74) is 1.14. The molecule has 2 aromatic carbocycles. The molecule has 0 saturated heterocycles. The van der Waals surface area contributed by atoms with E-state index in [1.165, 1.54) is 19.2 Å². The van der Waals surface area contributed by atoms with Crippen molar-refractivity contribution in [1.29, 1.82) is 0 Å². The molecule has 124 valence electrons. The fraction of sp³-hybridized carbons (Fsp3) is 0.222. The Morgan fingerprint density at radius 1 is 1.25 bits per heavy atom. The zero-order chi connectivity index (χ0) is 17.1. The highest BCUT2D eigenvalue weighted by molar-refractivity contribution is 6.04. The van der Waals surface area contributed by atoms with Gasteiger partial charge in [-0.3, -0.25) is 4.79 Å². The van der Waals surface area contributed by atoms with E-state index in [0.717, 1.165) is 0 Å². The Kier molecular flexibility index (Phi) is 4.46. The summed E-state index contributed by atoms with van der Waals surface area (Å²) in [6.45, 7) is -0.0562. The Bertz CT molecular complexity index is 769. The van der Waals surface area contributed by atoms with E-state index in [0.29, 0.717) is 22.6 Å². The van der Waals surface area contributed by atoms with Crippen LogP contribution in [0, 0.1) is 5.82 Å². The maximum Gasteiger partial charge on any atom is 0.343 e. The number of rotatable bonds is 4. The van der Waals surface area contributed by atoms with Crippen molar-refractivity contribution in [1.82, 2.24) is 0 Å². The lowest BCUT2D eigenvalue weighted by atomic mass is 9.89. The van der Waals surface area contributed by atoms with Gasteiger partial charge in [0.05, 0.1) is 18.6 Å². The van der Waals surface area contributed by atoms with Gasteiger partial charge in [0.25, 0.3) is 0 Å². The summed E-state index contributed by atoms with van der Waals surface area (Å²) in [6.07, 6.45) is 0. The number of fused-ring (bicyclic) bond motifs is 1. The Hall–Kier alpha value is -2.89. The molecule has 0 N–H and O–H groups in total. The molecule has 1 aliphatic heterocycles. The van der Waals surface area contributed by atoms with Gasteiger partial charge in [0, 0.05) is 6.07 Å². The molecular formula is C18H15FO5. The number of hydrogen-bond donors (Lipinski definition) is 0. The van der Waals surface area contributed by atoms with E-state index in [-0.39, 0.29) is 24.8 Å². The van der Waals surface area contributed by atoms with Gasteiger partial charge in [-0.1, -0.05) is 12.1 Å². The smallest absolute Gasteiger partial charge is 0.343 e. The van der Waals surface area contributed by atoms with Crippen LogP contribution in [0.15, 0.2) is 42.5 Å². The van der Waals surface area contributed by atoms with Crippen molar-refractivity contribution in [2.75, 3.05) is 20.3 Å². The molecule has 1 unspecified atom stereocenters. The van der Waals surface area contributed by atoms with Crippen LogP contribution >= 0.6 is 0 Å². The van der Waals surface area contributed by atoms with Gasteiger partial charge >= 0.3 is 5.97 Å². The normalized spacial score (nSPS) is 16.1. The highest BCUT2D eigenvalue weighted by Crippen LogP contribution is 2.34. The lowest BCUT2D eigenvalue weighted by molar-refractivity contribution is -0.142. The highest BCUT2D eigenvalue weighted by atomic mass is 19.1. The fourth-order valence-electron chi connectivity index (χ4n) is 2.50. The van der Waals surface area contributed by atoms with Crippen LogP contribution in [0.25, 0.3) is 0 Å². The SMILES string of the molecule is COC(=O)COc1ccc2c(c1)OCC(c1ccc(F)cc1)C2=O. The lowest BCUT2D eigenvalue weighted by Gasteiger charge is -2.24. The van der Waals surface area contributed by atoms with E-state index in [9.17, 15) is 14.0 Å². The summed E-state index contributed by atoms with van der Waals surface area (Å²) in [5.74, 6) is -0.605. The fourth-order valence-corrected chi connectivity index (χ4v) is 2.50. The molecular weight excluding hydrogens is 315 g/mol. The Morgan fingerprint density at radius 3 is 2.71 bits per heavy atom. The molecule has 1 atom stereocenters. The number of carbonyl (C=O) groups excluding carboxylic acids is 2. The molecule has 0 fully saturated rings. The molecule has 0 amide bonds. The molecule has 1 heterocycles. The average molecular weight is 330 g/mol. The summed E-state index contributed by atoms with van der Waals surface area (Å²) < 4.78 is 28.5. The minimum absolute atomic E-state index is 0.0950. The van der Waals surface area contributed by atoms with Gasteiger partial charge in [0.15, 0.2) is 12.4 Å². The van der Waals surface area contributed by atoms with Crippen LogP contribution in [0.2, 0.25) is 0 Å². The van der Waals surface area contributed by atoms with E-state index in [2.05, 4.69) is 4.74 Å². The molecule has 5 nitrogen and oxygen atoms in total. The van der Waals surface area contributed by atoms with Crippen LogP contribution in [-0.4, -0.2) is 32.1 Å². The van der Waals surface area contributed by atoms with Crippen LogP contribution in [0.1, 0.15) is 21.8 Å². The largest absolute Gasteiger partial charge is 0.492 e. The van der Waals surface area contributed by atoms with Crippen LogP contribution in [0.5, 0.6) is 11.5 Å². The molecule has 0 bridgehead atoms. The first kappa shape index (κ1) is 16.0. The zero-order valence-corrected chi connectivity index (χ0v) is 13.0. The van der Waals surface area contributed by atoms with Gasteiger partial charge in [-0.2, -0.15) is 0 Å². The maximum absolute atomic E-state index is 13.0. The van der Waals surface area contributed by atoms with E-state index in [1.54, 1.807) is 30.3 Å². The number of hydrogen-bond acceptors (Lipinski definition) is 5. The van der Waals surface area contributed by atoms with Crippen molar-refractivity contribution in [2.45, 2.75) is 5.92 Å². The maximum atomic E-state index is 13.0. The van der Waals surface area contributed by atoms with Crippen molar-refractivity contribution >= 4 is 11.8 Å². The third kappa shape index (κ3) is 3.22. The molecule has 0 aromatic heterocycles. The molecule has 0 saturated carbocycles. The summed E-state index contributed by atoms with van der Waals surface area (Å²) in [6, 6.07) is 10.6. The Balaban J connectivity index is 1.78. The second-order valence-electron chi connectivity index (χ2n) is 5.30. The van der Waals surface area contributed by atoms with Crippen LogP contribution in [0.3, 0.4) is 0 Å². The average Bonchev–Trinajstić information content (AvgIpc) is 2.61. The Morgan fingerprint density at radius 2 is 2.00 bits per heavy atom. The second kappa shape index (κ2) is 6.70. The topological polar surface area (TPSA) is 61.8 Å². The molecule has 6 heteroatoms. The van der Waals surface area contributed by atoms with Crippen LogP contribution in [-0.2, 0) is 9.53 Å².